The van der Waals surface area contributed by atoms with Gasteiger partial charge in [0.1, 0.15) is 0 Å². The Morgan fingerprint density at radius 2 is 1.74 bits per heavy atom. The van der Waals surface area contributed by atoms with Crippen LogP contribution >= 0.6 is 11.3 Å². The highest BCUT2D eigenvalue weighted by Gasteiger charge is 2.16. The van der Waals surface area contributed by atoms with Crippen LogP contribution in [0.25, 0.3) is 21.7 Å². The minimum absolute atomic E-state index is 0. The van der Waals surface area contributed by atoms with Crippen molar-refractivity contribution in [2.75, 3.05) is 0 Å². The summed E-state index contributed by atoms with van der Waals surface area (Å²) in [6, 6.07) is 20.5. The molecule has 0 amide bonds. The Labute approximate surface area is 148 Å². The van der Waals surface area contributed by atoms with Gasteiger partial charge in [-0.3, -0.25) is 4.79 Å². The molecule has 114 valence electrons. The summed E-state index contributed by atoms with van der Waals surface area (Å²) in [6.45, 7) is 0.371. The molecular formula is C19H14BrNOS. The zero-order chi connectivity index (χ0) is 14.9. The van der Waals surface area contributed by atoms with E-state index in [4.69, 9.17) is 0 Å². The Bertz CT molecular complexity index is 979. The van der Waals surface area contributed by atoms with Gasteiger partial charge in [0.05, 0.1) is 10.3 Å². The van der Waals surface area contributed by atoms with Crippen molar-refractivity contribution in [1.82, 2.24) is 0 Å². The average Bonchev–Trinajstić information content (AvgIpc) is 3.09. The van der Waals surface area contributed by atoms with Gasteiger partial charge in [0, 0.05) is 12.1 Å². The van der Waals surface area contributed by atoms with E-state index in [0.29, 0.717) is 6.54 Å². The molecule has 0 bridgehead atoms. The van der Waals surface area contributed by atoms with Crippen LogP contribution in [0, 0.1) is 0 Å². The molecule has 0 unspecified atom stereocenters. The molecule has 2 aromatic carbocycles. The number of thiophene rings is 1. The first-order valence-corrected chi connectivity index (χ1v) is 8.07. The number of hydrogen-bond donors (Lipinski definition) is 0. The number of pyridine rings is 1. The van der Waals surface area contributed by atoms with Crippen molar-refractivity contribution in [1.29, 1.82) is 0 Å². The van der Waals surface area contributed by atoms with E-state index in [2.05, 4.69) is 36.4 Å². The molecule has 4 aromatic rings. The number of carbonyl (C=O) groups excluding carboxylic acids is 1. The quantitative estimate of drug-likeness (QED) is 0.296. The Hall–Kier alpha value is -2.04. The van der Waals surface area contributed by atoms with Gasteiger partial charge in [-0.1, -0.05) is 30.3 Å². The van der Waals surface area contributed by atoms with Crippen molar-refractivity contribution >= 4 is 38.8 Å². The van der Waals surface area contributed by atoms with Crippen LogP contribution in [-0.4, -0.2) is 5.78 Å². The molecule has 0 fully saturated rings. The number of carbonyl (C=O) groups is 1. The van der Waals surface area contributed by atoms with Gasteiger partial charge < -0.3 is 17.0 Å². The van der Waals surface area contributed by atoms with Crippen LogP contribution in [0.15, 0.2) is 72.2 Å². The topological polar surface area (TPSA) is 20.9 Å². The molecule has 2 heterocycles. The largest absolute Gasteiger partial charge is 1.00 e. The number of hydrogen-bond acceptors (Lipinski definition) is 2. The number of Topliss-reactive ketones (excluding diaryl/α,β-unsaturated/α-hetero) is 1. The zero-order valence-electron chi connectivity index (χ0n) is 12.3. The summed E-state index contributed by atoms with van der Waals surface area (Å²) in [6.07, 6.45) is 1.97. The molecule has 0 saturated heterocycles. The van der Waals surface area contributed by atoms with Gasteiger partial charge in [0.2, 0.25) is 17.8 Å². The van der Waals surface area contributed by atoms with E-state index in [1.54, 1.807) is 0 Å². The fourth-order valence-corrected chi connectivity index (χ4v) is 3.50. The number of fused-ring (bicyclic) bond motifs is 3. The highest BCUT2D eigenvalue weighted by atomic mass is 79.9. The molecule has 2 nitrogen and oxygen atoms in total. The van der Waals surface area contributed by atoms with Gasteiger partial charge in [-0.25, -0.2) is 0 Å². The van der Waals surface area contributed by atoms with E-state index < -0.39 is 0 Å². The van der Waals surface area contributed by atoms with Crippen LogP contribution in [0.3, 0.4) is 0 Å². The van der Waals surface area contributed by atoms with Gasteiger partial charge in [-0.15, -0.1) is 11.3 Å². The third-order valence-corrected chi connectivity index (χ3v) is 4.81. The van der Waals surface area contributed by atoms with Gasteiger partial charge in [0.15, 0.2) is 6.20 Å². The predicted octanol–water partition coefficient (Wildman–Crippen LogP) is 1.23. The van der Waals surface area contributed by atoms with E-state index in [9.17, 15) is 4.79 Å². The zero-order valence-corrected chi connectivity index (χ0v) is 14.7. The lowest BCUT2D eigenvalue weighted by molar-refractivity contribution is -0.657. The number of aromatic nitrogens is 1. The Balaban J connectivity index is 0.00000156. The van der Waals surface area contributed by atoms with Crippen molar-refractivity contribution in [2.45, 2.75) is 6.54 Å². The normalized spacial score (nSPS) is 10.6. The molecule has 0 atom stereocenters. The highest BCUT2D eigenvalue weighted by molar-refractivity contribution is 7.12. The second kappa shape index (κ2) is 6.60. The number of ketones is 1. The highest BCUT2D eigenvalue weighted by Crippen LogP contribution is 2.23. The van der Waals surface area contributed by atoms with E-state index in [1.165, 1.54) is 27.5 Å². The first-order chi connectivity index (χ1) is 10.8. The Kier molecular flexibility index (Phi) is 4.55. The molecule has 4 heteroatoms. The summed E-state index contributed by atoms with van der Waals surface area (Å²) in [5, 5.41) is 5.56. The Morgan fingerprint density at radius 3 is 2.57 bits per heavy atom. The van der Waals surface area contributed by atoms with Crippen molar-refractivity contribution in [3.05, 3.63) is 77.1 Å². The predicted molar refractivity (Wildman–Crippen MR) is 90.3 cm³/mol. The van der Waals surface area contributed by atoms with Crippen LogP contribution < -0.4 is 21.5 Å². The maximum absolute atomic E-state index is 12.4. The summed E-state index contributed by atoms with van der Waals surface area (Å²) in [5.74, 6) is 0.153. The van der Waals surface area contributed by atoms with Gasteiger partial charge in [-0.2, -0.15) is 4.57 Å². The fourth-order valence-electron chi connectivity index (χ4n) is 2.84. The van der Waals surface area contributed by atoms with Crippen molar-refractivity contribution in [3.8, 4) is 0 Å². The minimum Gasteiger partial charge on any atom is -1.00 e. The molecule has 0 spiro atoms. The molecule has 4 rings (SSSR count). The molecule has 0 aliphatic carbocycles. The van der Waals surface area contributed by atoms with Crippen molar-refractivity contribution in [3.63, 3.8) is 0 Å². The SMILES string of the molecule is O=C(C[n+]1cccc2c3ccccc3ccc21)c1cccs1.[Br-]. The van der Waals surface area contributed by atoms with Crippen molar-refractivity contribution < 1.29 is 26.3 Å². The van der Waals surface area contributed by atoms with Gasteiger partial charge >= 0.3 is 0 Å². The monoisotopic (exact) mass is 383 g/mol. The van der Waals surface area contributed by atoms with Crippen molar-refractivity contribution in [2.24, 2.45) is 0 Å². The summed E-state index contributed by atoms with van der Waals surface area (Å²) in [5.41, 5.74) is 1.09. The van der Waals surface area contributed by atoms with E-state index in [0.717, 1.165) is 10.4 Å². The lowest BCUT2D eigenvalue weighted by Gasteiger charge is -2.04. The fraction of sp³-hybridized carbons (Fsp3) is 0.0526. The summed E-state index contributed by atoms with van der Waals surface area (Å²) < 4.78 is 2.03. The first kappa shape index (κ1) is 15.8. The van der Waals surface area contributed by atoms with Crippen LogP contribution in [0.1, 0.15) is 9.67 Å². The van der Waals surface area contributed by atoms with E-state index >= 15 is 0 Å². The minimum atomic E-state index is 0. The summed E-state index contributed by atoms with van der Waals surface area (Å²) in [7, 11) is 0. The maximum atomic E-state index is 12.4. The second-order valence-electron chi connectivity index (χ2n) is 5.26. The van der Waals surface area contributed by atoms with Crippen LogP contribution in [0.5, 0.6) is 0 Å². The summed E-state index contributed by atoms with van der Waals surface area (Å²) >= 11 is 1.50. The standard InChI is InChI=1S/C19H14NOS.BrH/c21-18(19-8-4-12-22-19)13-20-11-3-7-16-15-6-2-1-5-14(15)9-10-17(16)20;/h1-12H,13H2;1H/q+1;/p-1. The lowest BCUT2D eigenvalue weighted by Crippen LogP contribution is -3.00. The molecule has 0 radical (unpaired) electrons. The Morgan fingerprint density at radius 1 is 0.913 bits per heavy atom. The van der Waals surface area contributed by atoms with Crippen LogP contribution in [0.4, 0.5) is 0 Å². The second-order valence-corrected chi connectivity index (χ2v) is 6.20. The molecular weight excluding hydrogens is 370 g/mol. The molecule has 0 saturated carbocycles. The first-order valence-electron chi connectivity index (χ1n) is 7.19. The van der Waals surface area contributed by atoms with E-state index in [1.807, 2.05) is 40.4 Å². The summed E-state index contributed by atoms with van der Waals surface area (Å²) in [4.78, 5) is 13.2. The molecule has 2 aromatic heterocycles. The molecule has 23 heavy (non-hydrogen) atoms. The number of rotatable bonds is 3. The lowest BCUT2D eigenvalue weighted by atomic mass is 10.1. The van der Waals surface area contributed by atoms with Crippen LogP contribution in [-0.2, 0) is 6.54 Å². The molecule has 0 aliphatic heterocycles. The van der Waals surface area contributed by atoms with E-state index in [-0.39, 0.29) is 22.8 Å². The smallest absolute Gasteiger partial charge is 0.237 e. The molecule has 0 N–H and O–H groups in total. The number of nitrogens with zero attached hydrogens (tertiary/aromatic N) is 1. The average molecular weight is 384 g/mol. The maximum Gasteiger partial charge on any atom is 0.237 e. The third kappa shape index (κ3) is 2.92. The third-order valence-electron chi connectivity index (χ3n) is 3.90. The van der Waals surface area contributed by atoms with Gasteiger partial charge in [0.25, 0.3) is 0 Å². The number of benzene rings is 2. The molecule has 0 aliphatic rings. The van der Waals surface area contributed by atoms with Gasteiger partial charge in [-0.05, 0) is 34.4 Å². The van der Waals surface area contributed by atoms with Crippen LogP contribution in [0.2, 0.25) is 0 Å². The number of halogens is 1.